The number of nitrogens with zero attached hydrogens (tertiary/aromatic N) is 3. The molecule has 1 aliphatic rings. The fraction of sp³-hybridized carbons (Fsp3) is 0.688. The minimum absolute atomic E-state index is 0.00740. The van der Waals surface area contributed by atoms with Crippen LogP contribution >= 0.6 is 0 Å². The van der Waals surface area contributed by atoms with E-state index in [4.69, 9.17) is 0 Å². The fourth-order valence-corrected chi connectivity index (χ4v) is 4.55. The molecule has 0 spiro atoms. The van der Waals surface area contributed by atoms with Crippen molar-refractivity contribution in [2.75, 3.05) is 29.5 Å². The number of nitrogens with one attached hydrogen (secondary N) is 1. The molecule has 0 saturated carbocycles. The minimum atomic E-state index is -3.02. The Hall–Kier alpha value is -1.70. The number of rotatable bonds is 7. The topological polar surface area (TPSA) is 92.3 Å². The minimum Gasteiger partial charge on any atom is -0.357 e. The Morgan fingerprint density at radius 2 is 1.96 bits per heavy atom. The lowest BCUT2D eigenvalue weighted by molar-refractivity contribution is 0.0935. The van der Waals surface area contributed by atoms with Gasteiger partial charge in [0, 0.05) is 25.2 Å². The van der Waals surface area contributed by atoms with Crippen LogP contribution in [0.4, 0.5) is 5.82 Å². The van der Waals surface area contributed by atoms with Crippen molar-refractivity contribution < 1.29 is 13.2 Å². The van der Waals surface area contributed by atoms with E-state index in [0.717, 1.165) is 31.7 Å². The van der Waals surface area contributed by atoms with Crippen LogP contribution in [0.25, 0.3) is 0 Å². The van der Waals surface area contributed by atoms with Gasteiger partial charge in [-0.2, -0.15) is 0 Å². The van der Waals surface area contributed by atoms with Crippen molar-refractivity contribution in [2.24, 2.45) is 0 Å². The van der Waals surface area contributed by atoms with E-state index in [1.165, 1.54) is 0 Å². The fourth-order valence-electron chi connectivity index (χ4n) is 2.88. The Bertz CT molecular complexity index is 685. The molecule has 1 N–H and O–H groups in total. The Labute approximate surface area is 143 Å². The van der Waals surface area contributed by atoms with Gasteiger partial charge in [-0.25, -0.2) is 18.4 Å². The maximum atomic E-state index is 12.4. The first kappa shape index (κ1) is 18.6. The van der Waals surface area contributed by atoms with Crippen molar-refractivity contribution in [1.82, 2.24) is 15.3 Å². The summed E-state index contributed by atoms with van der Waals surface area (Å²) in [7, 11) is -3.02. The van der Waals surface area contributed by atoms with Crippen LogP contribution in [-0.2, 0) is 9.84 Å². The normalized spacial score (nSPS) is 19.2. The molecule has 0 aromatic carbocycles. The predicted octanol–water partition coefficient (Wildman–Crippen LogP) is 1.33. The van der Waals surface area contributed by atoms with E-state index in [2.05, 4.69) is 34.0 Å². The smallest absolute Gasteiger partial charge is 0.270 e. The Balaban J connectivity index is 2.16. The summed E-state index contributed by atoms with van der Waals surface area (Å²) in [6.07, 6.45) is 2.44. The van der Waals surface area contributed by atoms with Gasteiger partial charge < -0.3 is 10.2 Å². The van der Waals surface area contributed by atoms with Crippen LogP contribution in [0.3, 0.4) is 0 Å². The van der Waals surface area contributed by atoms with Gasteiger partial charge >= 0.3 is 0 Å². The predicted molar refractivity (Wildman–Crippen MR) is 94.1 cm³/mol. The van der Waals surface area contributed by atoms with E-state index in [1.54, 1.807) is 13.0 Å². The van der Waals surface area contributed by atoms with Gasteiger partial charge in [-0.3, -0.25) is 4.79 Å². The second-order valence-electron chi connectivity index (χ2n) is 6.22. The quantitative estimate of drug-likeness (QED) is 0.794. The lowest BCUT2D eigenvalue weighted by Crippen LogP contribution is -2.36. The van der Waals surface area contributed by atoms with Crippen molar-refractivity contribution in [3.63, 3.8) is 0 Å². The first-order chi connectivity index (χ1) is 11.3. The number of carbonyl (C=O) groups excluding carboxylic acids is 1. The molecular weight excluding hydrogens is 328 g/mol. The Kier molecular flexibility index (Phi) is 6.15. The third-order valence-corrected chi connectivity index (χ3v) is 5.70. The first-order valence-electron chi connectivity index (χ1n) is 8.46. The van der Waals surface area contributed by atoms with E-state index in [0.29, 0.717) is 17.9 Å². The average molecular weight is 354 g/mol. The summed E-state index contributed by atoms with van der Waals surface area (Å²) in [4.78, 5) is 23.2. The highest BCUT2D eigenvalue weighted by molar-refractivity contribution is 7.91. The van der Waals surface area contributed by atoms with Crippen molar-refractivity contribution >= 4 is 21.6 Å². The highest BCUT2D eigenvalue weighted by Crippen LogP contribution is 2.16. The molecule has 1 aliphatic heterocycles. The van der Waals surface area contributed by atoms with Gasteiger partial charge in [0.15, 0.2) is 9.84 Å². The molecule has 0 bridgehead atoms. The van der Waals surface area contributed by atoms with Gasteiger partial charge in [-0.1, -0.05) is 13.8 Å². The van der Waals surface area contributed by atoms with Crippen molar-refractivity contribution in [3.8, 4) is 0 Å². The molecule has 24 heavy (non-hydrogen) atoms. The average Bonchev–Trinajstić information content (AvgIpc) is 2.85. The second kappa shape index (κ2) is 7.92. The number of amides is 1. The van der Waals surface area contributed by atoms with Crippen molar-refractivity contribution in [2.45, 2.75) is 46.1 Å². The van der Waals surface area contributed by atoms with Crippen LogP contribution in [-0.4, -0.2) is 54.9 Å². The number of aromatic nitrogens is 2. The number of carbonyl (C=O) groups is 1. The Morgan fingerprint density at radius 3 is 2.50 bits per heavy atom. The molecule has 1 saturated heterocycles. The number of sulfone groups is 1. The molecule has 1 aromatic heterocycles. The largest absolute Gasteiger partial charge is 0.357 e. The summed E-state index contributed by atoms with van der Waals surface area (Å²) in [6.45, 7) is 7.70. The standard InChI is InChI=1S/C16H26N4O3S/c1-4-7-20(8-5-2)15-10-14(17-12(3)18-15)16(21)19-13-6-9-24(22,23)11-13/h10,13H,4-9,11H2,1-3H3,(H,19,21). The summed E-state index contributed by atoms with van der Waals surface area (Å²) in [5.41, 5.74) is 0.291. The molecule has 1 amide bonds. The van der Waals surface area contributed by atoms with Gasteiger partial charge in [0.1, 0.15) is 17.3 Å². The summed E-state index contributed by atoms with van der Waals surface area (Å²) in [6, 6.07) is 1.36. The first-order valence-corrected chi connectivity index (χ1v) is 10.3. The molecule has 8 heteroatoms. The number of anilines is 1. The zero-order chi connectivity index (χ0) is 17.7. The maximum absolute atomic E-state index is 12.4. The van der Waals surface area contributed by atoms with Crippen molar-refractivity contribution in [3.05, 3.63) is 17.6 Å². The zero-order valence-corrected chi connectivity index (χ0v) is 15.4. The molecule has 1 unspecified atom stereocenters. The zero-order valence-electron chi connectivity index (χ0n) is 14.6. The van der Waals surface area contributed by atoms with E-state index in [9.17, 15) is 13.2 Å². The van der Waals surface area contributed by atoms with Gasteiger partial charge in [-0.15, -0.1) is 0 Å². The molecule has 1 atom stereocenters. The molecule has 1 fully saturated rings. The molecule has 7 nitrogen and oxygen atoms in total. The monoisotopic (exact) mass is 354 g/mol. The van der Waals surface area contributed by atoms with E-state index >= 15 is 0 Å². The SMILES string of the molecule is CCCN(CCC)c1cc(C(=O)NC2CCS(=O)(=O)C2)nc(C)n1. The maximum Gasteiger partial charge on any atom is 0.270 e. The van der Waals surface area contributed by atoms with Crippen LogP contribution in [0.5, 0.6) is 0 Å². The summed E-state index contributed by atoms with van der Waals surface area (Å²) in [5.74, 6) is 1.08. The second-order valence-corrected chi connectivity index (χ2v) is 8.45. The number of hydrogen-bond acceptors (Lipinski definition) is 6. The van der Waals surface area contributed by atoms with Crippen LogP contribution in [0.15, 0.2) is 6.07 Å². The highest BCUT2D eigenvalue weighted by Gasteiger charge is 2.29. The summed E-state index contributed by atoms with van der Waals surface area (Å²) >= 11 is 0. The number of hydrogen-bond donors (Lipinski definition) is 1. The van der Waals surface area contributed by atoms with E-state index < -0.39 is 9.84 Å². The van der Waals surface area contributed by atoms with Crippen molar-refractivity contribution in [1.29, 1.82) is 0 Å². The molecule has 0 aliphatic carbocycles. The van der Waals surface area contributed by atoms with Crippen LogP contribution in [0, 0.1) is 6.92 Å². The third-order valence-electron chi connectivity index (χ3n) is 3.94. The third kappa shape index (κ3) is 4.90. The molecule has 134 valence electrons. The van der Waals surface area contributed by atoms with Gasteiger partial charge in [0.25, 0.3) is 5.91 Å². The molecule has 0 radical (unpaired) electrons. The lowest BCUT2D eigenvalue weighted by atomic mass is 10.2. The molecule has 2 rings (SSSR count). The summed E-state index contributed by atoms with van der Waals surface area (Å²) < 4.78 is 23.0. The van der Waals surface area contributed by atoms with Gasteiger partial charge in [-0.05, 0) is 26.2 Å². The molecule has 1 aromatic rings. The lowest BCUT2D eigenvalue weighted by Gasteiger charge is -2.23. The van der Waals surface area contributed by atoms with Gasteiger partial charge in [0.05, 0.1) is 11.5 Å². The van der Waals surface area contributed by atoms with Crippen LogP contribution in [0.2, 0.25) is 0 Å². The van der Waals surface area contributed by atoms with Gasteiger partial charge in [0.2, 0.25) is 0 Å². The molecule has 2 heterocycles. The summed E-state index contributed by atoms with van der Waals surface area (Å²) in [5, 5.41) is 2.78. The molecular formula is C16H26N4O3S. The van der Waals surface area contributed by atoms with E-state index in [-0.39, 0.29) is 23.5 Å². The van der Waals surface area contributed by atoms with Crippen LogP contribution in [0.1, 0.15) is 49.4 Å². The van der Waals surface area contributed by atoms with Crippen LogP contribution < -0.4 is 10.2 Å². The van der Waals surface area contributed by atoms with E-state index in [1.807, 2.05) is 0 Å². The Morgan fingerprint density at radius 1 is 1.29 bits per heavy atom. The highest BCUT2D eigenvalue weighted by atomic mass is 32.2. The number of aryl methyl sites for hydroxylation is 1.